The van der Waals surface area contributed by atoms with E-state index in [0.717, 1.165) is 10.2 Å². The minimum absolute atomic E-state index is 0.207. The molecule has 4 heteroatoms. The molecule has 0 aliphatic heterocycles. The third-order valence-electron chi connectivity index (χ3n) is 2.41. The molecule has 0 aliphatic carbocycles. The van der Waals surface area contributed by atoms with Crippen molar-refractivity contribution in [3.63, 3.8) is 0 Å². The predicted molar refractivity (Wildman–Crippen MR) is 66.4 cm³/mol. The normalized spacial score (nSPS) is 13.0. The van der Waals surface area contributed by atoms with Crippen LogP contribution in [0.5, 0.6) is 0 Å². The van der Waals surface area contributed by atoms with Crippen LogP contribution >= 0.6 is 27.3 Å². The summed E-state index contributed by atoms with van der Waals surface area (Å²) in [5.41, 5.74) is 1.20. The molecule has 0 aliphatic rings. The SMILES string of the molecule is CNC(c1ccoc1C)c1sccc1Br. The Morgan fingerprint density at radius 1 is 1.47 bits per heavy atom. The van der Waals surface area contributed by atoms with Gasteiger partial charge in [-0.15, -0.1) is 11.3 Å². The van der Waals surface area contributed by atoms with Crippen molar-refractivity contribution in [3.05, 3.63) is 44.4 Å². The molecule has 2 heterocycles. The average Bonchev–Trinajstić information content (AvgIpc) is 2.80. The molecule has 2 aromatic rings. The molecule has 0 spiro atoms. The van der Waals surface area contributed by atoms with E-state index in [1.807, 2.05) is 20.0 Å². The van der Waals surface area contributed by atoms with Crippen LogP contribution in [-0.2, 0) is 0 Å². The fourth-order valence-electron chi connectivity index (χ4n) is 1.63. The van der Waals surface area contributed by atoms with Gasteiger partial charge in [-0.25, -0.2) is 0 Å². The maximum absolute atomic E-state index is 5.33. The van der Waals surface area contributed by atoms with Crippen molar-refractivity contribution in [2.45, 2.75) is 13.0 Å². The van der Waals surface area contributed by atoms with Gasteiger partial charge < -0.3 is 9.73 Å². The van der Waals surface area contributed by atoms with Crippen LogP contribution in [0.4, 0.5) is 0 Å². The lowest BCUT2D eigenvalue weighted by Crippen LogP contribution is -2.17. The molecule has 2 aromatic heterocycles. The molecule has 0 aromatic carbocycles. The lowest BCUT2D eigenvalue weighted by molar-refractivity contribution is 0.523. The van der Waals surface area contributed by atoms with E-state index in [2.05, 4.69) is 32.7 Å². The van der Waals surface area contributed by atoms with Crippen molar-refractivity contribution in [3.8, 4) is 0 Å². The van der Waals surface area contributed by atoms with E-state index in [9.17, 15) is 0 Å². The summed E-state index contributed by atoms with van der Waals surface area (Å²) >= 11 is 5.30. The minimum Gasteiger partial charge on any atom is -0.469 e. The molecule has 1 atom stereocenters. The number of aryl methyl sites for hydroxylation is 1. The maximum atomic E-state index is 5.33. The van der Waals surface area contributed by atoms with Gasteiger partial charge in [0, 0.05) is 14.9 Å². The first-order valence-corrected chi connectivity index (χ1v) is 6.35. The first-order chi connectivity index (χ1) is 7.24. The lowest BCUT2D eigenvalue weighted by Gasteiger charge is -2.14. The van der Waals surface area contributed by atoms with Crippen molar-refractivity contribution in [2.75, 3.05) is 7.05 Å². The number of hydrogen-bond donors (Lipinski definition) is 1. The van der Waals surface area contributed by atoms with E-state index in [4.69, 9.17) is 4.42 Å². The van der Waals surface area contributed by atoms with Gasteiger partial charge in [0.2, 0.25) is 0 Å². The highest BCUT2D eigenvalue weighted by Gasteiger charge is 2.19. The molecule has 0 amide bonds. The summed E-state index contributed by atoms with van der Waals surface area (Å²) in [5.74, 6) is 0.967. The molecule has 0 bridgehead atoms. The van der Waals surface area contributed by atoms with E-state index in [-0.39, 0.29) is 6.04 Å². The fourth-order valence-corrected chi connectivity index (χ4v) is 3.36. The largest absolute Gasteiger partial charge is 0.469 e. The van der Waals surface area contributed by atoms with Crippen molar-refractivity contribution in [1.82, 2.24) is 5.32 Å². The summed E-state index contributed by atoms with van der Waals surface area (Å²) in [6.45, 7) is 1.99. The number of rotatable bonds is 3. The third-order valence-corrected chi connectivity index (χ3v) is 4.34. The van der Waals surface area contributed by atoms with E-state index >= 15 is 0 Å². The Labute approximate surface area is 101 Å². The van der Waals surface area contributed by atoms with Gasteiger partial charge in [-0.05, 0) is 47.4 Å². The van der Waals surface area contributed by atoms with Crippen molar-refractivity contribution in [1.29, 1.82) is 0 Å². The summed E-state index contributed by atoms with van der Waals surface area (Å²) in [7, 11) is 1.96. The highest BCUT2D eigenvalue weighted by atomic mass is 79.9. The van der Waals surface area contributed by atoms with Crippen LogP contribution in [0, 0.1) is 6.92 Å². The van der Waals surface area contributed by atoms with Crippen molar-refractivity contribution < 1.29 is 4.42 Å². The van der Waals surface area contributed by atoms with E-state index < -0.39 is 0 Å². The second kappa shape index (κ2) is 4.51. The first kappa shape index (κ1) is 10.9. The van der Waals surface area contributed by atoms with Crippen LogP contribution in [0.2, 0.25) is 0 Å². The van der Waals surface area contributed by atoms with E-state index in [0.29, 0.717) is 0 Å². The number of thiophene rings is 1. The van der Waals surface area contributed by atoms with Crippen molar-refractivity contribution >= 4 is 27.3 Å². The Balaban J connectivity index is 2.41. The summed E-state index contributed by atoms with van der Waals surface area (Å²) in [5, 5.41) is 5.39. The Bertz CT molecular complexity index is 409. The molecular formula is C11H12BrNOS. The Hall–Kier alpha value is -0.580. The van der Waals surface area contributed by atoms with E-state index in [1.165, 1.54) is 10.4 Å². The molecule has 0 radical (unpaired) electrons. The zero-order valence-electron chi connectivity index (χ0n) is 8.58. The second-order valence-corrected chi connectivity index (χ2v) is 5.09. The van der Waals surface area contributed by atoms with Crippen LogP contribution < -0.4 is 5.32 Å². The molecule has 1 unspecified atom stereocenters. The molecule has 2 nitrogen and oxygen atoms in total. The van der Waals surface area contributed by atoms with Gasteiger partial charge in [0.05, 0.1) is 12.3 Å². The van der Waals surface area contributed by atoms with Crippen molar-refractivity contribution in [2.24, 2.45) is 0 Å². The minimum atomic E-state index is 0.207. The van der Waals surface area contributed by atoms with Crippen LogP contribution in [0.1, 0.15) is 22.2 Å². The molecule has 80 valence electrons. The smallest absolute Gasteiger partial charge is 0.105 e. The van der Waals surface area contributed by atoms with Gasteiger partial charge in [0.15, 0.2) is 0 Å². The highest BCUT2D eigenvalue weighted by Crippen LogP contribution is 2.34. The van der Waals surface area contributed by atoms with Crippen LogP contribution in [-0.4, -0.2) is 7.05 Å². The molecule has 0 saturated heterocycles. The topological polar surface area (TPSA) is 25.2 Å². The molecular weight excluding hydrogens is 274 g/mol. The third kappa shape index (κ3) is 2.02. The van der Waals surface area contributed by atoms with Gasteiger partial charge in [-0.3, -0.25) is 0 Å². The van der Waals surface area contributed by atoms with Gasteiger partial charge in [-0.1, -0.05) is 0 Å². The predicted octanol–water partition coefficient (Wildman–Crippen LogP) is 3.72. The Kier molecular flexibility index (Phi) is 3.29. The summed E-state index contributed by atoms with van der Waals surface area (Å²) in [6, 6.07) is 4.29. The maximum Gasteiger partial charge on any atom is 0.105 e. The number of furan rings is 1. The summed E-state index contributed by atoms with van der Waals surface area (Å²) in [6.07, 6.45) is 1.73. The fraction of sp³-hybridized carbons (Fsp3) is 0.273. The zero-order chi connectivity index (χ0) is 10.8. The Morgan fingerprint density at radius 2 is 2.27 bits per heavy atom. The van der Waals surface area contributed by atoms with Gasteiger partial charge in [0.25, 0.3) is 0 Å². The van der Waals surface area contributed by atoms with Crippen LogP contribution in [0.25, 0.3) is 0 Å². The average molecular weight is 286 g/mol. The standard InChI is InChI=1S/C11H12BrNOS/c1-7-8(3-5-14-7)10(13-2)11-9(12)4-6-15-11/h3-6,10,13H,1-2H3. The number of halogens is 1. The first-order valence-electron chi connectivity index (χ1n) is 4.68. The quantitative estimate of drug-likeness (QED) is 0.930. The van der Waals surface area contributed by atoms with Crippen LogP contribution in [0.3, 0.4) is 0 Å². The monoisotopic (exact) mass is 285 g/mol. The lowest BCUT2D eigenvalue weighted by atomic mass is 10.1. The molecule has 1 N–H and O–H groups in total. The molecule has 0 saturated carbocycles. The highest BCUT2D eigenvalue weighted by molar-refractivity contribution is 9.10. The van der Waals surface area contributed by atoms with Crippen LogP contribution in [0.15, 0.2) is 32.7 Å². The molecule has 2 rings (SSSR count). The zero-order valence-corrected chi connectivity index (χ0v) is 11.0. The summed E-state index contributed by atoms with van der Waals surface area (Å²) in [4.78, 5) is 1.28. The number of nitrogens with one attached hydrogen (secondary N) is 1. The molecule has 0 fully saturated rings. The second-order valence-electron chi connectivity index (χ2n) is 3.29. The van der Waals surface area contributed by atoms with Gasteiger partial charge in [0.1, 0.15) is 5.76 Å². The number of hydrogen-bond acceptors (Lipinski definition) is 3. The molecule has 15 heavy (non-hydrogen) atoms. The Morgan fingerprint density at radius 3 is 2.73 bits per heavy atom. The van der Waals surface area contributed by atoms with E-state index in [1.54, 1.807) is 17.6 Å². The summed E-state index contributed by atoms with van der Waals surface area (Å²) < 4.78 is 6.48. The van der Waals surface area contributed by atoms with Gasteiger partial charge >= 0.3 is 0 Å². The van der Waals surface area contributed by atoms with Gasteiger partial charge in [-0.2, -0.15) is 0 Å².